The van der Waals surface area contributed by atoms with Crippen LogP contribution in [0.3, 0.4) is 0 Å². The molecule has 0 spiro atoms. The van der Waals surface area contributed by atoms with Crippen LogP contribution in [0.5, 0.6) is 5.75 Å². The van der Waals surface area contributed by atoms with Crippen molar-refractivity contribution in [3.8, 4) is 5.75 Å². The number of rotatable bonds is 4. The van der Waals surface area contributed by atoms with E-state index in [1.54, 1.807) is 41.2 Å². The van der Waals surface area contributed by atoms with Gasteiger partial charge in [-0.3, -0.25) is 4.79 Å². The van der Waals surface area contributed by atoms with E-state index in [4.69, 9.17) is 5.11 Å². The molecule has 0 radical (unpaired) electrons. The maximum Gasteiger partial charge on any atom is 0.293 e. The summed E-state index contributed by atoms with van der Waals surface area (Å²) in [5.41, 5.74) is 0.847. The summed E-state index contributed by atoms with van der Waals surface area (Å²) in [5.74, 6) is 0.567. The molecule has 5 heteroatoms. The number of aromatic hydroxyl groups is 1. The van der Waals surface area contributed by atoms with Crippen molar-refractivity contribution in [3.05, 3.63) is 52.6 Å². The van der Waals surface area contributed by atoms with E-state index in [1.165, 1.54) is 0 Å². The number of hydrogen-bond acceptors (Lipinski definition) is 4. The molecule has 2 rings (SSSR count). The Hall–Kier alpha value is -2.30. The molecule has 0 bridgehead atoms. The van der Waals surface area contributed by atoms with Crippen LogP contribution in [0, 0.1) is 0 Å². The van der Waals surface area contributed by atoms with Crippen LogP contribution in [-0.2, 0) is 13.1 Å². The van der Waals surface area contributed by atoms with Crippen LogP contribution in [0.1, 0.15) is 12.5 Å². The second kappa shape index (κ2) is 5.35. The third-order valence-corrected chi connectivity index (χ3v) is 2.65. The van der Waals surface area contributed by atoms with E-state index in [9.17, 15) is 4.79 Å². The van der Waals surface area contributed by atoms with Gasteiger partial charge in [-0.2, -0.15) is 0 Å². The van der Waals surface area contributed by atoms with Crippen molar-refractivity contribution >= 4 is 5.82 Å². The fourth-order valence-corrected chi connectivity index (χ4v) is 1.62. The lowest BCUT2D eigenvalue weighted by Crippen LogP contribution is -2.23. The van der Waals surface area contributed by atoms with Gasteiger partial charge in [0.1, 0.15) is 5.75 Å². The van der Waals surface area contributed by atoms with Crippen molar-refractivity contribution in [2.45, 2.75) is 20.0 Å². The van der Waals surface area contributed by atoms with Crippen LogP contribution in [0.25, 0.3) is 0 Å². The Labute approximate surface area is 105 Å². The third-order valence-electron chi connectivity index (χ3n) is 2.65. The second-order valence-corrected chi connectivity index (χ2v) is 3.89. The summed E-state index contributed by atoms with van der Waals surface area (Å²) in [5, 5.41) is 12.2. The molecule has 0 atom stereocenters. The molecule has 2 N–H and O–H groups in total. The Morgan fingerprint density at radius 2 is 2.06 bits per heavy atom. The fourth-order valence-electron chi connectivity index (χ4n) is 1.62. The van der Waals surface area contributed by atoms with E-state index in [0.717, 1.165) is 5.56 Å². The minimum Gasteiger partial charge on any atom is -0.508 e. The predicted octanol–water partition coefficient (Wildman–Crippen LogP) is 1.58. The Bertz CT molecular complexity index is 576. The van der Waals surface area contributed by atoms with Gasteiger partial charge in [0.25, 0.3) is 5.56 Å². The van der Waals surface area contributed by atoms with Crippen molar-refractivity contribution in [2.75, 3.05) is 5.32 Å². The van der Waals surface area contributed by atoms with E-state index < -0.39 is 0 Å². The van der Waals surface area contributed by atoms with Gasteiger partial charge in [-0.25, -0.2) is 4.98 Å². The monoisotopic (exact) mass is 245 g/mol. The first kappa shape index (κ1) is 12.2. The molecule has 0 unspecified atom stereocenters. The molecule has 0 saturated carbocycles. The highest BCUT2D eigenvalue weighted by Crippen LogP contribution is 2.10. The van der Waals surface area contributed by atoms with Crippen LogP contribution < -0.4 is 10.9 Å². The number of phenols is 1. The van der Waals surface area contributed by atoms with Crippen molar-refractivity contribution in [2.24, 2.45) is 0 Å². The van der Waals surface area contributed by atoms with Crippen molar-refractivity contribution in [1.29, 1.82) is 0 Å². The van der Waals surface area contributed by atoms with E-state index >= 15 is 0 Å². The van der Waals surface area contributed by atoms with Gasteiger partial charge >= 0.3 is 0 Å². The molecule has 18 heavy (non-hydrogen) atoms. The smallest absolute Gasteiger partial charge is 0.293 e. The first-order chi connectivity index (χ1) is 8.70. The molecule has 0 amide bonds. The molecule has 94 valence electrons. The molecule has 0 fully saturated rings. The van der Waals surface area contributed by atoms with Crippen LogP contribution in [-0.4, -0.2) is 14.7 Å². The molecule has 1 aromatic carbocycles. The Kier molecular flexibility index (Phi) is 3.62. The molecular weight excluding hydrogens is 230 g/mol. The van der Waals surface area contributed by atoms with E-state index in [-0.39, 0.29) is 11.3 Å². The first-order valence-electron chi connectivity index (χ1n) is 5.78. The van der Waals surface area contributed by atoms with E-state index in [2.05, 4.69) is 10.3 Å². The SMILES string of the molecule is CCn1ccnc(NCc2ccc(O)cc2)c1=O. The van der Waals surface area contributed by atoms with Gasteiger partial charge in [0, 0.05) is 25.5 Å². The number of aryl methyl sites for hydroxylation is 1. The standard InChI is InChI=1S/C13H15N3O2/c1-2-16-8-7-14-12(13(16)18)15-9-10-3-5-11(17)6-4-10/h3-8,17H,2,9H2,1H3,(H,14,15). The summed E-state index contributed by atoms with van der Waals surface area (Å²) in [6.07, 6.45) is 3.26. The van der Waals surface area contributed by atoms with Gasteiger partial charge < -0.3 is 15.0 Å². The van der Waals surface area contributed by atoms with Gasteiger partial charge in [0.15, 0.2) is 5.82 Å². The molecule has 2 aromatic rings. The van der Waals surface area contributed by atoms with Crippen molar-refractivity contribution < 1.29 is 5.11 Å². The molecule has 0 aliphatic heterocycles. The highest BCUT2D eigenvalue weighted by molar-refractivity contribution is 5.34. The summed E-state index contributed by atoms with van der Waals surface area (Å²) in [7, 11) is 0. The number of phenolic OH excluding ortho intramolecular Hbond substituents is 1. The lowest BCUT2D eigenvalue weighted by Gasteiger charge is -2.07. The summed E-state index contributed by atoms with van der Waals surface area (Å²) >= 11 is 0. The minimum atomic E-state index is -0.126. The topological polar surface area (TPSA) is 67.2 Å². The summed E-state index contributed by atoms with van der Waals surface area (Å²) < 4.78 is 1.59. The molecule has 0 aliphatic rings. The second-order valence-electron chi connectivity index (χ2n) is 3.89. The third kappa shape index (κ3) is 2.68. The van der Waals surface area contributed by atoms with E-state index in [0.29, 0.717) is 18.9 Å². The number of nitrogens with zero attached hydrogens (tertiary/aromatic N) is 2. The number of benzene rings is 1. The minimum absolute atomic E-state index is 0.126. The largest absolute Gasteiger partial charge is 0.508 e. The lowest BCUT2D eigenvalue weighted by molar-refractivity contribution is 0.475. The van der Waals surface area contributed by atoms with Crippen molar-refractivity contribution in [1.82, 2.24) is 9.55 Å². The maximum absolute atomic E-state index is 11.9. The fraction of sp³-hybridized carbons (Fsp3) is 0.231. The highest BCUT2D eigenvalue weighted by atomic mass is 16.3. The van der Waals surface area contributed by atoms with Crippen molar-refractivity contribution in [3.63, 3.8) is 0 Å². The normalized spacial score (nSPS) is 10.3. The Balaban J connectivity index is 2.11. The maximum atomic E-state index is 11.9. The van der Waals surface area contributed by atoms with Gasteiger partial charge in [0.2, 0.25) is 0 Å². The average Bonchev–Trinajstić information content (AvgIpc) is 2.39. The van der Waals surface area contributed by atoms with Gasteiger partial charge in [0.05, 0.1) is 0 Å². The molecule has 0 aliphatic carbocycles. The number of hydrogen-bond donors (Lipinski definition) is 2. The molecule has 5 nitrogen and oxygen atoms in total. The van der Waals surface area contributed by atoms with Gasteiger partial charge in [-0.15, -0.1) is 0 Å². The Morgan fingerprint density at radius 1 is 1.33 bits per heavy atom. The number of aromatic nitrogens is 2. The number of anilines is 1. The molecule has 0 saturated heterocycles. The van der Waals surface area contributed by atoms with Crippen LogP contribution >= 0.6 is 0 Å². The van der Waals surface area contributed by atoms with Gasteiger partial charge in [-0.1, -0.05) is 12.1 Å². The van der Waals surface area contributed by atoms with Gasteiger partial charge in [-0.05, 0) is 24.6 Å². The van der Waals surface area contributed by atoms with Crippen LogP contribution in [0.4, 0.5) is 5.82 Å². The number of nitrogens with one attached hydrogen (secondary N) is 1. The summed E-state index contributed by atoms with van der Waals surface area (Å²) in [6, 6.07) is 6.81. The average molecular weight is 245 g/mol. The van der Waals surface area contributed by atoms with Crippen LogP contribution in [0.2, 0.25) is 0 Å². The molecule has 1 aromatic heterocycles. The predicted molar refractivity (Wildman–Crippen MR) is 69.6 cm³/mol. The summed E-state index contributed by atoms with van der Waals surface area (Å²) in [6.45, 7) is 3.02. The highest BCUT2D eigenvalue weighted by Gasteiger charge is 2.03. The molecular formula is C13H15N3O2. The Morgan fingerprint density at radius 3 is 2.72 bits per heavy atom. The lowest BCUT2D eigenvalue weighted by atomic mass is 10.2. The summed E-state index contributed by atoms with van der Waals surface area (Å²) in [4.78, 5) is 15.9. The first-order valence-corrected chi connectivity index (χ1v) is 5.78. The zero-order valence-electron chi connectivity index (χ0n) is 10.1. The quantitative estimate of drug-likeness (QED) is 0.858. The molecule has 1 heterocycles. The van der Waals surface area contributed by atoms with E-state index in [1.807, 2.05) is 6.92 Å². The zero-order chi connectivity index (χ0) is 13.0. The van der Waals surface area contributed by atoms with Crippen LogP contribution in [0.15, 0.2) is 41.5 Å². The zero-order valence-corrected chi connectivity index (χ0v) is 10.1.